The second-order valence-electron chi connectivity index (χ2n) is 6.36. The Balaban J connectivity index is 0.00000104. The molecule has 2 aromatic rings. The summed E-state index contributed by atoms with van der Waals surface area (Å²) in [6.07, 6.45) is 9.44. The van der Waals surface area contributed by atoms with Gasteiger partial charge in [0.1, 0.15) is 0 Å². The van der Waals surface area contributed by atoms with Crippen LogP contribution < -0.4 is 28.1 Å². The van der Waals surface area contributed by atoms with Gasteiger partial charge in [0.2, 0.25) is 0 Å². The Bertz CT molecular complexity index is 862. The van der Waals surface area contributed by atoms with E-state index in [0.29, 0.717) is 0 Å². The normalized spacial score (nSPS) is 13.0. The first-order valence-corrected chi connectivity index (χ1v) is 16.6. The van der Waals surface area contributed by atoms with Crippen LogP contribution in [0.1, 0.15) is 17.5 Å². The predicted molar refractivity (Wildman–Crippen MR) is 93.6 cm³/mol. The second kappa shape index (κ2) is 8.32. The van der Waals surface area contributed by atoms with Crippen molar-refractivity contribution in [1.29, 1.82) is 0 Å². The van der Waals surface area contributed by atoms with Crippen molar-refractivity contribution in [2.45, 2.75) is 25.9 Å². The van der Waals surface area contributed by atoms with Crippen LogP contribution in [0.5, 0.6) is 0 Å². The van der Waals surface area contributed by atoms with Crippen molar-refractivity contribution in [1.82, 2.24) is 0 Å². The minimum absolute atomic E-state index is 0. The maximum absolute atomic E-state index is 2.54. The molecule has 4 heteroatoms. The quantitative estimate of drug-likeness (QED) is 0.422. The molecule has 2 aromatic carbocycles. The molecule has 0 aliphatic heterocycles. The van der Waals surface area contributed by atoms with E-state index >= 15 is 0 Å². The van der Waals surface area contributed by atoms with Gasteiger partial charge in [0, 0.05) is 0 Å². The molecule has 0 radical (unpaired) electrons. The summed E-state index contributed by atoms with van der Waals surface area (Å²) in [5.41, 5.74) is 5.95. The Kier molecular flexibility index (Phi) is 6.90. The monoisotopic (exact) mass is 448 g/mol. The molecule has 0 aromatic heterocycles. The molecule has 0 heterocycles. The van der Waals surface area contributed by atoms with Crippen LogP contribution in [-0.2, 0) is 26.8 Å². The molecule has 0 saturated carbocycles. The predicted octanol–water partition coefficient (Wildman–Crippen LogP) is -1.40. The Morgan fingerprint density at radius 2 is 1.67 bits per heavy atom. The van der Waals surface area contributed by atoms with Crippen molar-refractivity contribution in [2.75, 3.05) is 0 Å². The third kappa shape index (κ3) is 3.44. The van der Waals surface area contributed by atoms with E-state index < -0.39 is 20.4 Å². The number of rotatable bonds is 2. The summed E-state index contributed by atoms with van der Waals surface area (Å²) in [7, 11) is 0. The fourth-order valence-electron chi connectivity index (χ4n) is 3.79. The van der Waals surface area contributed by atoms with Gasteiger partial charge in [-0.2, -0.15) is 0 Å². The Morgan fingerprint density at radius 3 is 2.38 bits per heavy atom. The maximum Gasteiger partial charge on any atom is -1.00 e. The van der Waals surface area contributed by atoms with Crippen LogP contribution in [0, 0.1) is 0 Å². The van der Waals surface area contributed by atoms with Crippen LogP contribution >= 0.6 is 0 Å². The average Bonchev–Trinajstić information content (AvgIpc) is 3.15. The first-order valence-electron chi connectivity index (χ1n) is 8.00. The number of halogens is 2. The zero-order chi connectivity index (χ0) is 15.1. The van der Waals surface area contributed by atoms with E-state index in [0.717, 1.165) is 6.42 Å². The van der Waals surface area contributed by atoms with E-state index in [1.807, 2.05) is 3.28 Å². The molecule has 24 heavy (non-hydrogen) atoms. The molecule has 2 aliphatic carbocycles. The van der Waals surface area contributed by atoms with E-state index in [4.69, 9.17) is 0 Å². The zero-order valence-electron chi connectivity index (χ0n) is 13.9. The standard InChI is InChI=1S/C13H9.C5H5.C2H6Si.2ClH.Zr/c1-3-7-12-10(5-1)9-11-6-2-4-8-13(11)12;1-2-4-5-3-1;1-3-2;;;/h1-5,7-8H,9H2;1-3H,4H2;1-2H3;2*1H;/q;;;;;+2/p-2. The van der Waals surface area contributed by atoms with Crippen molar-refractivity contribution >= 4 is 8.70 Å². The van der Waals surface area contributed by atoms with Crippen molar-refractivity contribution < 1.29 is 45.2 Å². The Hall–Kier alpha value is -0.400. The average molecular weight is 451 g/mol. The molecule has 4 rings (SSSR count). The van der Waals surface area contributed by atoms with E-state index in [9.17, 15) is 0 Å². The van der Waals surface area contributed by atoms with Crippen molar-refractivity contribution in [3.8, 4) is 11.1 Å². The SMILES string of the molecule is C[Si](C)=[Zr+2]([C]1=CC=CC1)[c]1cccc2c1Cc1ccccc1-2.[Cl-].[Cl-]. The molecule has 0 bridgehead atoms. The Morgan fingerprint density at radius 1 is 0.917 bits per heavy atom. The minimum atomic E-state index is -1.67. The van der Waals surface area contributed by atoms with Crippen LogP contribution in [0.15, 0.2) is 64.0 Å². The van der Waals surface area contributed by atoms with E-state index in [2.05, 4.69) is 73.8 Å². The smallest absolute Gasteiger partial charge is 1.00 e. The van der Waals surface area contributed by atoms with Gasteiger partial charge in [0.25, 0.3) is 0 Å². The summed E-state index contributed by atoms with van der Waals surface area (Å²) < 4.78 is 3.59. The molecule has 0 saturated heterocycles. The Labute approximate surface area is 165 Å². The van der Waals surface area contributed by atoms with Crippen LogP contribution in [0.25, 0.3) is 11.1 Å². The zero-order valence-corrected chi connectivity index (χ0v) is 18.9. The van der Waals surface area contributed by atoms with Gasteiger partial charge in [0.05, 0.1) is 0 Å². The third-order valence-electron chi connectivity index (χ3n) is 4.71. The maximum atomic E-state index is 2.54. The summed E-state index contributed by atoms with van der Waals surface area (Å²) in [5.74, 6) is 0. The van der Waals surface area contributed by atoms with Crippen LogP contribution in [0.4, 0.5) is 0 Å². The largest absolute Gasteiger partial charge is 1.00 e. The topological polar surface area (TPSA) is 0 Å². The molecule has 0 N–H and O–H groups in total. The molecular weight excluding hydrogens is 430 g/mol. The molecule has 122 valence electrons. The number of hydrogen-bond acceptors (Lipinski definition) is 0. The fraction of sp³-hybridized carbons (Fsp3) is 0.200. The van der Waals surface area contributed by atoms with Gasteiger partial charge in [-0.05, 0) is 0 Å². The van der Waals surface area contributed by atoms with Gasteiger partial charge in [-0.25, -0.2) is 0 Å². The third-order valence-corrected chi connectivity index (χ3v) is 21.5. The van der Waals surface area contributed by atoms with Gasteiger partial charge < -0.3 is 24.8 Å². The van der Waals surface area contributed by atoms with Gasteiger partial charge in [-0.15, -0.1) is 0 Å². The van der Waals surface area contributed by atoms with Gasteiger partial charge >= 0.3 is 141 Å². The summed E-state index contributed by atoms with van der Waals surface area (Å²) in [4.78, 5) is 0. The molecule has 0 spiro atoms. The summed E-state index contributed by atoms with van der Waals surface area (Å²) in [5, 5.41) is 0. The molecular formula is C20H20Cl2SiZr. The number of allylic oxidation sites excluding steroid dienone is 4. The van der Waals surface area contributed by atoms with Crippen LogP contribution in [-0.4, -0.2) is 5.43 Å². The summed E-state index contributed by atoms with van der Waals surface area (Å²) in [6, 6.07) is 16.1. The summed E-state index contributed by atoms with van der Waals surface area (Å²) >= 11 is -1.67. The molecule has 0 unspecified atom stereocenters. The molecule has 0 amide bonds. The van der Waals surface area contributed by atoms with Crippen molar-refractivity contribution in [3.63, 3.8) is 0 Å². The van der Waals surface area contributed by atoms with E-state index in [-0.39, 0.29) is 30.2 Å². The van der Waals surface area contributed by atoms with Crippen molar-refractivity contribution in [2.24, 2.45) is 0 Å². The molecule has 0 nitrogen and oxygen atoms in total. The number of hydrogen-bond donors (Lipinski definition) is 0. The second-order valence-corrected chi connectivity index (χ2v) is 23.4. The fourth-order valence-corrected chi connectivity index (χ4v) is 20.4. The first kappa shape index (κ1) is 19.9. The number of fused-ring (bicyclic) bond motifs is 3. The van der Waals surface area contributed by atoms with E-state index in [1.165, 1.54) is 23.1 Å². The molecule has 0 fully saturated rings. The minimum Gasteiger partial charge on any atom is -1.00 e. The molecule has 0 atom stereocenters. The first-order chi connectivity index (χ1) is 10.8. The van der Waals surface area contributed by atoms with Crippen LogP contribution in [0.2, 0.25) is 13.1 Å². The molecule has 2 aliphatic rings. The van der Waals surface area contributed by atoms with Crippen molar-refractivity contribution in [3.05, 3.63) is 75.1 Å². The van der Waals surface area contributed by atoms with Gasteiger partial charge in [-0.3, -0.25) is 0 Å². The number of benzene rings is 2. The van der Waals surface area contributed by atoms with Gasteiger partial charge in [0.15, 0.2) is 0 Å². The van der Waals surface area contributed by atoms with E-state index in [1.54, 1.807) is 8.83 Å². The summed E-state index contributed by atoms with van der Waals surface area (Å²) in [6.45, 7) is 5.08. The van der Waals surface area contributed by atoms with Gasteiger partial charge in [-0.1, -0.05) is 0 Å². The van der Waals surface area contributed by atoms with Crippen LogP contribution in [0.3, 0.4) is 0 Å².